The largest absolute Gasteiger partial charge is 0.497 e. The lowest BCUT2D eigenvalue weighted by Gasteiger charge is -2.09. The molecular weight excluding hydrogens is 208 g/mol. The van der Waals surface area contributed by atoms with E-state index in [1.54, 1.807) is 18.2 Å². The molecule has 0 aliphatic rings. The number of esters is 1. The smallest absolute Gasteiger partial charge is 0.341 e. The van der Waals surface area contributed by atoms with Gasteiger partial charge in [-0.2, -0.15) is 0 Å². The van der Waals surface area contributed by atoms with Gasteiger partial charge in [-0.1, -0.05) is 5.92 Å². The fraction of sp³-hybridized carbons (Fsp3) is 0.250. The van der Waals surface area contributed by atoms with Crippen molar-refractivity contribution in [1.29, 1.82) is 0 Å². The van der Waals surface area contributed by atoms with E-state index in [1.807, 2.05) is 0 Å². The first-order valence-electron chi connectivity index (χ1n) is 4.55. The number of terminal acetylenes is 1. The number of carbonyl (C=O) groups excluding carboxylic acids is 1. The quantitative estimate of drug-likeness (QED) is 0.569. The molecule has 16 heavy (non-hydrogen) atoms. The van der Waals surface area contributed by atoms with Crippen molar-refractivity contribution in [1.82, 2.24) is 0 Å². The van der Waals surface area contributed by atoms with E-state index in [-0.39, 0.29) is 6.61 Å². The van der Waals surface area contributed by atoms with Crippen molar-refractivity contribution in [3.63, 3.8) is 0 Å². The molecule has 0 heterocycles. The molecule has 1 aromatic rings. The number of hydrogen-bond donors (Lipinski definition) is 0. The van der Waals surface area contributed by atoms with E-state index in [9.17, 15) is 4.79 Å². The third kappa shape index (κ3) is 2.67. The molecule has 0 fully saturated rings. The fourth-order valence-electron chi connectivity index (χ4n) is 1.15. The standard InChI is InChI=1S/C12H12O4/c1-4-7-16-11-8-9(14-2)5-6-10(11)12(13)15-3/h1,5-6,8H,7H2,2-3H3. The summed E-state index contributed by atoms with van der Waals surface area (Å²) in [4.78, 5) is 11.4. The highest BCUT2D eigenvalue weighted by Gasteiger charge is 2.13. The van der Waals surface area contributed by atoms with E-state index in [4.69, 9.17) is 15.9 Å². The molecule has 0 aromatic heterocycles. The maximum absolute atomic E-state index is 11.4. The number of methoxy groups -OCH3 is 2. The van der Waals surface area contributed by atoms with Crippen LogP contribution in [0.4, 0.5) is 0 Å². The Kier molecular flexibility index (Phi) is 4.22. The van der Waals surface area contributed by atoms with Gasteiger partial charge in [0.1, 0.15) is 23.7 Å². The van der Waals surface area contributed by atoms with Crippen molar-refractivity contribution in [2.75, 3.05) is 20.8 Å². The van der Waals surface area contributed by atoms with Crippen LogP contribution in [0.5, 0.6) is 11.5 Å². The summed E-state index contributed by atoms with van der Waals surface area (Å²) in [6.45, 7) is 0.0805. The van der Waals surface area contributed by atoms with E-state index in [1.165, 1.54) is 14.2 Å². The first-order valence-corrected chi connectivity index (χ1v) is 4.55. The lowest BCUT2D eigenvalue weighted by Crippen LogP contribution is -2.06. The van der Waals surface area contributed by atoms with Gasteiger partial charge in [-0.3, -0.25) is 0 Å². The van der Waals surface area contributed by atoms with Crippen LogP contribution >= 0.6 is 0 Å². The third-order valence-corrected chi connectivity index (χ3v) is 1.91. The monoisotopic (exact) mass is 220 g/mol. The SMILES string of the molecule is C#CCOc1cc(OC)ccc1C(=O)OC. The van der Waals surface area contributed by atoms with E-state index in [0.717, 1.165) is 0 Å². The number of ether oxygens (including phenoxy) is 3. The molecule has 0 amide bonds. The Morgan fingerprint density at radius 2 is 2.19 bits per heavy atom. The maximum atomic E-state index is 11.4. The van der Waals surface area contributed by atoms with Gasteiger partial charge in [-0.05, 0) is 12.1 Å². The predicted octanol–water partition coefficient (Wildman–Crippen LogP) is 1.49. The summed E-state index contributed by atoms with van der Waals surface area (Å²) < 4.78 is 14.9. The van der Waals surface area contributed by atoms with E-state index in [2.05, 4.69) is 10.7 Å². The zero-order valence-corrected chi connectivity index (χ0v) is 9.15. The molecule has 0 unspecified atom stereocenters. The Hall–Kier alpha value is -2.15. The second-order valence-electron chi connectivity index (χ2n) is 2.85. The van der Waals surface area contributed by atoms with Crippen molar-refractivity contribution in [2.45, 2.75) is 0 Å². The molecule has 0 atom stereocenters. The third-order valence-electron chi connectivity index (χ3n) is 1.91. The van der Waals surface area contributed by atoms with Crippen molar-refractivity contribution < 1.29 is 19.0 Å². The lowest BCUT2D eigenvalue weighted by atomic mass is 10.2. The zero-order chi connectivity index (χ0) is 12.0. The van der Waals surface area contributed by atoms with Crippen LogP contribution < -0.4 is 9.47 Å². The molecule has 1 rings (SSSR count). The van der Waals surface area contributed by atoms with E-state index >= 15 is 0 Å². The summed E-state index contributed by atoms with van der Waals surface area (Å²) in [6.07, 6.45) is 5.08. The summed E-state index contributed by atoms with van der Waals surface area (Å²) in [5.41, 5.74) is 0.318. The van der Waals surface area contributed by atoms with Gasteiger partial charge in [0.05, 0.1) is 14.2 Å². The molecule has 0 bridgehead atoms. The summed E-state index contributed by atoms with van der Waals surface area (Å²) in [5.74, 6) is 2.78. The highest BCUT2D eigenvalue weighted by Crippen LogP contribution is 2.25. The molecule has 0 radical (unpaired) electrons. The number of benzene rings is 1. The van der Waals surface area contributed by atoms with Gasteiger partial charge in [0, 0.05) is 6.07 Å². The summed E-state index contributed by atoms with van der Waals surface area (Å²) in [6, 6.07) is 4.80. The Morgan fingerprint density at radius 3 is 2.75 bits per heavy atom. The van der Waals surface area contributed by atoms with Crippen molar-refractivity contribution in [2.24, 2.45) is 0 Å². The first-order chi connectivity index (χ1) is 7.72. The van der Waals surface area contributed by atoms with Crippen LogP contribution in [0, 0.1) is 12.3 Å². The highest BCUT2D eigenvalue weighted by molar-refractivity contribution is 5.92. The number of rotatable bonds is 4. The molecule has 4 nitrogen and oxygen atoms in total. The van der Waals surface area contributed by atoms with Gasteiger partial charge < -0.3 is 14.2 Å². The minimum atomic E-state index is -0.477. The minimum Gasteiger partial charge on any atom is -0.497 e. The Labute approximate surface area is 94.1 Å². The first kappa shape index (κ1) is 11.9. The number of hydrogen-bond acceptors (Lipinski definition) is 4. The Balaban J connectivity index is 3.06. The number of carbonyl (C=O) groups is 1. The molecule has 0 saturated carbocycles. The van der Waals surface area contributed by atoms with Gasteiger partial charge in [0.25, 0.3) is 0 Å². The highest BCUT2D eigenvalue weighted by atomic mass is 16.5. The van der Waals surface area contributed by atoms with Gasteiger partial charge in [-0.15, -0.1) is 6.42 Å². The zero-order valence-electron chi connectivity index (χ0n) is 9.15. The molecule has 4 heteroatoms. The molecular formula is C12H12O4. The van der Waals surface area contributed by atoms with Crippen LogP contribution in [0.25, 0.3) is 0 Å². The van der Waals surface area contributed by atoms with Crippen molar-refractivity contribution in [3.05, 3.63) is 23.8 Å². The normalized spacial score (nSPS) is 9.06. The predicted molar refractivity (Wildman–Crippen MR) is 58.7 cm³/mol. The van der Waals surface area contributed by atoms with Crippen LogP contribution in [-0.2, 0) is 4.74 Å². The fourth-order valence-corrected chi connectivity index (χ4v) is 1.15. The van der Waals surface area contributed by atoms with Crippen LogP contribution in [0.2, 0.25) is 0 Å². The van der Waals surface area contributed by atoms with Crippen LogP contribution in [0.15, 0.2) is 18.2 Å². The summed E-state index contributed by atoms with van der Waals surface area (Å²) in [5, 5.41) is 0. The minimum absolute atomic E-state index is 0.0805. The second-order valence-corrected chi connectivity index (χ2v) is 2.85. The molecule has 0 saturated heterocycles. The summed E-state index contributed by atoms with van der Waals surface area (Å²) >= 11 is 0. The van der Waals surface area contributed by atoms with Gasteiger partial charge >= 0.3 is 5.97 Å². The molecule has 1 aromatic carbocycles. The topological polar surface area (TPSA) is 44.8 Å². The average molecular weight is 220 g/mol. The van der Waals surface area contributed by atoms with Crippen LogP contribution in [0.1, 0.15) is 10.4 Å². The average Bonchev–Trinajstić information content (AvgIpc) is 2.34. The van der Waals surface area contributed by atoms with Gasteiger partial charge in [-0.25, -0.2) is 4.79 Å². The molecule has 84 valence electrons. The Morgan fingerprint density at radius 1 is 1.44 bits per heavy atom. The van der Waals surface area contributed by atoms with Crippen molar-refractivity contribution in [3.8, 4) is 23.8 Å². The van der Waals surface area contributed by atoms with Crippen molar-refractivity contribution >= 4 is 5.97 Å². The summed E-state index contributed by atoms with van der Waals surface area (Å²) in [7, 11) is 2.83. The van der Waals surface area contributed by atoms with Gasteiger partial charge in [0.2, 0.25) is 0 Å². The molecule has 0 aliphatic heterocycles. The van der Waals surface area contributed by atoms with Crippen LogP contribution in [0.3, 0.4) is 0 Å². The second kappa shape index (κ2) is 5.66. The van der Waals surface area contributed by atoms with E-state index in [0.29, 0.717) is 17.1 Å². The lowest BCUT2D eigenvalue weighted by molar-refractivity contribution is 0.0596. The molecule has 0 N–H and O–H groups in total. The van der Waals surface area contributed by atoms with Gasteiger partial charge in [0.15, 0.2) is 0 Å². The Bertz CT molecular complexity index is 418. The molecule has 0 aliphatic carbocycles. The van der Waals surface area contributed by atoms with E-state index < -0.39 is 5.97 Å². The molecule has 0 spiro atoms. The maximum Gasteiger partial charge on any atom is 0.341 e. The van der Waals surface area contributed by atoms with Crippen LogP contribution in [-0.4, -0.2) is 26.8 Å².